The van der Waals surface area contributed by atoms with Crippen LogP contribution in [0.1, 0.15) is 13.3 Å². The lowest BCUT2D eigenvalue weighted by Gasteiger charge is -2.18. The summed E-state index contributed by atoms with van der Waals surface area (Å²) in [6.45, 7) is 1.24. The van der Waals surface area contributed by atoms with Crippen molar-refractivity contribution in [2.75, 3.05) is 11.5 Å². The minimum atomic E-state index is -3.19. The van der Waals surface area contributed by atoms with Gasteiger partial charge in [-0.25, -0.2) is 13.2 Å². The molecule has 1 aliphatic rings. The van der Waals surface area contributed by atoms with Crippen molar-refractivity contribution in [1.29, 1.82) is 0 Å². The topological polar surface area (TPSA) is 121 Å². The maximum absolute atomic E-state index is 11.6. The fourth-order valence-electron chi connectivity index (χ4n) is 1.66. The number of hydrogen-bond donors (Lipinski definition) is 3. The molecule has 1 aliphatic heterocycles. The van der Waals surface area contributed by atoms with Crippen molar-refractivity contribution in [1.82, 2.24) is 5.32 Å². The first kappa shape index (κ1) is 13.9. The van der Waals surface area contributed by atoms with E-state index in [4.69, 9.17) is 10.2 Å². The van der Waals surface area contributed by atoms with Gasteiger partial charge in [-0.05, 0) is 13.3 Å². The van der Waals surface area contributed by atoms with Gasteiger partial charge in [0.15, 0.2) is 15.9 Å². The van der Waals surface area contributed by atoms with Gasteiger partial charge in [0.1, 0.15) is 0 Å². The number of carbonyl (C=O) groups excluding carboxylic acids is 1. The molecule has 0 aromatic heterocycles. The molecule has 0 bridgehead atoms. The number of carbonyl (C=O) groups is 2. The molecule has 1 amide bonds. The summed E-state index contributed by atoms with van der Waals surface area (Å²) in [6.07, 6.45) is -1.05. The van der Waals surface area contributed by atoms with Gasteiger partial charge in [0.05, 0.1) is 23.5 Å². The first-order valence-corrected chi connectivity index (χ1v) is 6.97. The average Bonchev–Trinajstić information content (AvgIpc) is 2.53. The summed E-state index contributed by atoms with van der Waals surface area (Å²) in [5.74, 6) is -3.03. The summed E-state index contributed by atoms with van der Waals surface area (Å²) in [7, 11) is -3.19. The summed E-state index contributed by atoms with van der Waals surface area (Å²) in [5, 5.41) is 20.1. The summed E-state index contributed by atoms with van der Waals surface area (Å²) in [6, 6.07) is -1.41. The minimum Gasteiger partial charge on any atom is -0.480 e. The highest BCUT2D eigenvalue weighted by molar-refractivity contribution is 7.91. The van der Waals surface area contributed by atoms with Crippen LogP contribution in [0.5, 0.6) is 0 Å². The number of hydrogen-bond acceptors (Lipinski definition) is 5. The summed E-state index contributed by atoms with van der Waals surface area (Å²) in [5.41, 5.74) is 0. The predicted octanol–water partition coefficient (Wildman–Crippen LogP) is -1.63. The van der Waals surface area contributed by atoms with Gasteiger partial charge in [-0.1, -0.05) is 0 Å². The van der Waals surface area contributed by atoms with Crippen molar-refractivity contribution < 1.29 is 28.2 Å². The van der Waals surface area contributed by atoms with E-state index in [1.807, 2.05) is 0 Å². The Kier molecular flexibility index (Phi) is 4.10. The monoisotopic (exact) mass is 265 g/mol. The number of aliphatic hydroxyl groups excluding tert-OH is 1. The number of rotatable bonds is 4. The van der Waals surface area contributed by atoms with E-state index in [1.54, 1.807) is 0 Å². The molecular formula is C9H15NO6S. The summed E-state index contributed by atoms with van der Waals surface area (Å²) < 4.78 is 22.3. The number of amides is 1. The van der Waals surface area contributed by atoms with Crippen LogP contribution in [0.4, 0.5) is 0 Å². The zero-order valence-corrected chi connectivity index (χ0v) is 10.1. The Morgan fingerprint density at radius 2 is 2.00 bits per heavy atom. The molecule has 1 heterocycles. The molecule has 0 aliphatic carbocycles. The van der Waals surface area contributed by atoms with E-state index >= 15 is 0 Å². The van der Waals surface area contributed by atoms with E-state index in [0.717, 1.165) is 0 Å². The lowest BCUT2D eigenvalue weighted by molar-refractivity contribution is -0.145. The predicted molar refractivity (Wildman–Crippen MR) is 58.0 cm³/mol. The van der Waals surface area contributed by atoms with Crippen LogP contribution >= 0.6 is 0 Å². The molecule has 98 valence electrons. The number of aliphatic hydroxyl groups is 1. The number of sulfone groups is 1. The van der Waals surface area contributed by atoms with Crippen LogP contribution in [0.25, 0.3) is 0 Å². The van der Waals surface area contributed by atoms with E-state index < -0.39 is 39.8 Å². The van der Waals surface area contributed by atoms with Crippen LogP contribution in [0.2, 0.25) is 0 Å². The molecule has 17 heavy (non-hydrogen) atoms. The fraction of sp³-hybridized carbons (Fsp3) is 0.778. The lowest BCUT2D eigenvalue weighted by Crippen LogP contribution is -2.49. The third kappa shape index (κ3) is 3.67. The molecular weight excluding hydrogens is 250 g/mol. The second-order valence-electron chi connectivity index (χ2n) is 4.17. The van der Waals surface area contributed by atoms with Crippen molar-refractivity contribution in [2.24, 2.45) is 5.92 Å². The van der Waals surface area contributed by atoms with Crippen molar-refractivity contribution in [3.05, 3.63) is 0 Å². The molecule has 0 aromatic rings. The Morgan fingerprint density at radius 1 is 1.41 bits per heavy atom. The van der Waals surface area contributed by atoms with Crippen LogP contribution in [0.15, 0.2) is 0 Å². The van der Waals surface area contributed by atoms with E-state index in [2.05, 4.69) is 5.32 Å². The molecule has 7 nitrogen and oxygen atoms in total. The number of carboxylic acids is 1. The largest absolute Gasteiger partial charge is 0.480 e. The minimum absolute atomic E-state index is 0.0580. The molecule has 1 fully saturated rings. The van der Waals surface area contributed by atoms with Crippen LogP contribution < -0.4 is 5.32 Å². The third-order valence-corrected chi connectivity index (χ3v) is 4.42. The Labute approximate surface area is 98.7 Å². The molecule has 8 heteroatoms. The van der Waals surface area contributed by atoms with Crippen LogP contribution in [0.3, 0.4) is 0 Å². The Morgan fingerprint density at radius 3 is 2.35 bits per heavy atom. The highest BCUT2D eigenvalue weighted by atomic mass is 32.2. The standard InChI is InChI=1S/C9H15NO6S/c1-5(11)7(9(13)14)10-8(12)6-2-3-17(15,16)4-6/h5-7,11H,2-4H2,1H3,(H,10,12)(H,13,14)/t5-,6?,7+/m1/s1. The molecule has 0 saturated carbocycles. The van der Waals surface area contributed by atoms with Crippen molar-refractivity contribution >= 4 is 21.7 Å². The first-order chi connectivity index (χ1) is 7.73. The Balaban J connectivity index is 2.63. The van der Waals surface area contributed by atoms with Gasteiger partial charge in [-0.2, -0.15) is 0 Å². The Hall–Kier alpha value is -1.15. The zero-order chi connectivity index (χ0) is 13.2. The van der Waals surface area contributed by atoms with Crippen molar-refractivity contribution in [2.45, 2.75) is 25.5 Å². The van der Waals surface area contributed by atoms with Crippen LogP contribution in [0, 0.1) is 5.92 Å². The van der Waals surface area contributed by atoms with Crippen LogP contribution in [-0.2, 0) is 19.4 Å². The molecule has 3 atom stereocenters. The normalized spacial score (nSPS) is 26.1. The summed E-state index contributed by atoms with van der Waals surface area (Å²) in [4.78, 5) is 22.3. The molecule has 1 saturated heterocycles. The van der Waals surface area contributed by atoms with Gasteiger partial charge in [-0.15, -0.1) is 0 Å². The SMILES string of the molecule is C[C@@H](O)[C@H](NC(=O)C1CCS(=O)(=O)C1)C(=O)O. The van der Waals surface area contributed by atoms with Gasteiger partial charge in [0.2, 0.25) is 5.91 Å². The van der Waals surface area contributed by atoms with Gasteiger partial charge in [-0.3, -0.25) is 4.79 Å². The van der Waals surface area contributed by atoms with Gasteiger partial charge in [0.25, 0.3) is 0 Å². The van der Waals surface area contributed by atoms with E-state index in [9.17, 15) is 18.0 Å². The van der Waals surface area contributed by atoms with Crippen molar-refractivity contribution in [3.8, 4) is 0 Å². The molecule has 1 unspecified atom stereocenters. The lowest BCUT2D eigenvalue weighted by atomic mass is 10.1. The smallest absolute Gasteiger partial charge is 0.328 e. The Bertz CT molecular complexity index is 415. The molecule has 0 aromatic carbocycles. The quantitative estimate of drug-likeness (QED) is 0.561. The highest BCUT2D eigenvalue weighted by Crippen LogP contribution is 2.18. The second-order valence-corrected chi connectivity index (χ2v) is 6.39. The summed E-state index contributed by atoms with van der Waals surface area (Å²) >= 11 is 0. The molecule has 0 spiro atoms. The average molecular weight is 265 g/mol. The van der Waals surface area contributed by atoms with E-state index in [1.165, 1.54) is 6.92 Å². The maximum atomic E-state index is 11.6. The van der Waals surface area contributed by atoms with Crippen molar-refractivity contribution in [3.63, 3.8) is 0 Å². The van der Waals surface area contributed by atoms with Gasteiger partial charge >= 0.3 is 5.97 Å². The molecule has 3 N–H and O–H groups in total. The number of aliphatic carboxylic acids is 1. The number of nitrogens with one attached hydrogen (secondary N) is 1. The fourth-order valence-corrected chi connectivity index (χ4v) is 3.40. The van der Waals surface area contributed by atoms with Gasteiger partial charge in [0, 0.05) is 0 Å². The zero-order valence-electron chi connectivity index (χ0n) is 9.29. The third-order valence-electron chi connectivity index (χ3n) is 2.65. The van der Waals surface area contributed by atoms with Gasteiger partial charge < -0.3 is 15.5 Å². The maximum Gasteiger partial charge on any atom is 0.328 e. The van der Waals surface area contributed by atoms with E-state index in [-0.39, 0.29) is 17.9 Å². The highest BCUT2D eigenvalue weighted by Gasteiger charge is 2.35. The molecule has 0 radical (unpaired) electrons. The van der Waals surface area contributed by atoms with Crippen LogP contribution in [-0.4, -0.2) is 54.2 Å². The van der Waals surface area contributed by atoms with E-state index in [0.29, 0.717) is 0 Å². The number of carboxylic acid groups (broad SMARTS) is 1. The first-order valence-electron chi connectivity index (χ1n) is 5.14. The second kappa shape index (κ2) is 5.01. The molecule has 1 rings (SSSR count).